The Morgan fingerprint density at radius 1 is 1.29 bits per heavy atom. The van der Waals surface area contributed by atoms with Gasteiger partial charge in [-0.3, -0.25) is 4.79 Å². The predicted octanol–water partition coefficient (Wildman–Crippen LogP) is 3.03. The zero-order chi connectivity index (χ0) is 24.4. The van der Waals surface area contributed by atoms with Crippen LogP contribution in [0.25, 0.3) is 0 Å². The van der Waals surface area contributed by atoms with Crippen molar-refractivity contribution in [3.05, 3.63) is 72.3 Å². The molecule has 8 heteroatoms. The van der Waals surface area contributed by atoms with E-state index in [0.29, 0.717) is 17.7 Å². The number of hydrogen-bond donors (Lipinski definition) is 3. The molecule has 1 atom stereocenters. The van der Waals surface area contributed by atoms with E-state index in [9.17, 15) is 9.59 Å². The minimum atomic E-state index is -0.428. The molecule has 6 nitrogen and oxygen atoms in total. The molecule has 1 unspecified atom stereocenters. The van der Waals surface area contributed by atoms with Crippen molar-refractivity contribution in [1.29, 1.82) is 0 Å². The number of halogens is 1. The van der Waals surface area contributed by atoms with Crippen LogP contribution in [-0.4, -0.2) is 37.1 Å². The van der Waals surface area contributed by atoms with E-state index < -0.39 is 6.10 Å². The third-order valence-electron chi connectivity index (χ3n) is 5.44. The van der Waals surface area contributed by atoms with Crippen molar-refractivity contribution >= 4 is 39.5 Å². The number of aliphatic hydroxyl groups excluding tert-OH is 1. The first-order valence-electron chi connectivity index (χ1n) is 11.0. The summed E-state index contributed by atoms with van der Waals surface area (Å²) in [5.74, 6) is 1.10. The van der Waals surface area contributed by atoms with E-state index in [1.165, 1.54) is 0 Å². The number of ether oxygens (including phenoxy) is 1. The van der Waals surface area contributed by atoms with E-state index in [2.05, 4.69) is 39.9 Å². The second kappa shape index (κ2) is 17.6. The van der Waals surface area contributed by atoms with Gasteiger partial charge in [-0.25, -0.2) is 0 Å². The van der Waals surface area contributed by atoms with E-state index in [4.69, 9.17) is 9.84 Å². The molecule has 3 N–H and O–H groups in total. The molecule has 1 fully saturated rings. The molecular weight excluding hydrogens is 535 g/mol. The molecule has 1 aliphatic carbocycles. The second-order valence-corrected chi connectivity index (χ2v) is 9.04. The average molecular weight is 572 g/mol. The van der Waals surface area contributed by atoms with Crippen molar-refractivity contribution in [2.45, 2.75) is 45.6 Å². The maximum atomic E-state index is 12.1. The van der Waals surface area contributed by atoms with Crippen LogP contribution in [0.2, 0.25) is 0 Å². The molecule has 0 aliphatic heterocycles. The normalized spacial score (nSPS) is 13.6. The first-order chi connectivity index (χ1) is 15.7. The molecule has 35 heavy (non-hydrogen) atoms. The quantitative estimate of drug-likeness (QED) is 0.270. The number of carbonyl (C=O) groups excluding carboxylic acids is 2. The third kappa shape index (κ3) is 11.4. The topological polar surface area (TPSA) is 87.7 Å². The zero-order valence-corrected chi connectivity index (χ0v) is 26.2. The second-order valence-electron chi connectivity index (χ2n) is 8.19. The number of benzene rings is 2. The number of anilines is 2. The third-order valence-corrected chi connectivity index (χ3v) is 6.15. The molecule has 0 bridgehead atoms. The van der Waals surface area contributed by atoms with Crippen molar-refractivity contribution < 1.29 is 70.8 Å². The predicted molar refractivity (Wildman–Crippen MR) is 143 cm³/mol. The first kappa shape index (κ1) is 34.1. The van der Waals surface area contributed by atoms with E-state index in [0.717, 1.165) is 59.1 Å². The summed E-state index contributed by atoms with van der Waals surface area (Å²) in [5.41, 5.74) is 3.89. The number of methoxy groups -OCH3 is 1. The van der Waals surface area contributed by atoms with Crippen LogP contribution >= 0.6 is 15.9 Å². The number of aldehydes is 1. The fraction of sp³-hybridized carbons (Fsp3) is 0.370. The van der Waals surface area contributed by atoms with Crippen LogP contribution in [0.3, 0.4) is 0 Å². The molecule has 1 saturated carbocycles. The standard InChI is InChI=1S/C15H20NO2.C11H13BrNO2.CH3.K/c1-11-8-9-13(10-14(11)18-2)16-15(17)12-6-4-3-5-7-12;1-7(15)5-13-10-3-9(6-14)8(2)11(12)4-10;;/h3,8-10,12H,4-7H2,1-2H3,(H,16,17);3-4,6-7,13,15H,2,5H2,1H3;1H3;/q3*-1;+1. The molecule has 2 aromatic rings. The Morgan fingerprint density at radius 2 is 1.94 bits per heavy atom. The van der Waals surface area contributed by atoms with Crippen molar-refractivity contribution in [1.82, 2.24) is 0 Å². The van der Waals surface area contributed by atoms with Gasteiger partial charge in [0.2, 0.25) is 5.91 Å². The van der Waals surface area contributed by atoms with Crippen molar-refractivity contribution in [3.63, 3.8) is 0 Å². The van der Waals surface area contributed by atoms with Crippen LogP contribution in [-0.2, 0) is 4.79 Å². The number of hydrogen-bond acceptors (Lipinski definition) is 5. The molecule has 1 aliphatic rings. The fourth-order valence-corrected chi connectivity index (χ4v) is 3.94. The van der Waals surface area contributed by atoms with Gasteiger partial charge >= 0.3 is 51.4 Å². The summed E-state index contributed by atoms with van der Waals surface area (Å²) in [6, 6.07) is 9.30. The Balaban J connectivity index is 0.000000635. The SMILES string of the molecule is COc1cc(NC(=O)C2CC[CH-]CC2)ccc1C.[CH2-]c1c(Br)cc(NCC(C)O)cc1C=O.[CH3-].[K+]. The van der Waals surface area contributed by atoms with Crippen LogP contribution in [0.5, 0.6) is 5.75 Å². The number of amides is 1. The summed E-state index contributed by atoms with van der Waals surface area (Å²) in [7, 11) is 1.64. The van der Waals surface area contributed by atoms with Gasteiger partial charge < -0.3 is 39.1 Å². The summed E-state index contributed by atoms with van der Waals surface area (Å²) in [6.07, 6.45) is 6.64. The number of aryl methyl sites for hydroxylation is 1. The molecule has 188 valence electrons. The van der Waals surface area contributed by atoms with Gasteiger partial charge in [-0.1, -0.05) is 41.1 Å². The van der Waals surface area contributed by atoms with Gasteiger partial charge in [0.25, 0.3) is 0 Å². The first-order valence-corrected chi connectivity index (χ1v) is 11.8. The minimum absolute atomic E-state index is 0. The van der Waals surface area contributed by atoms with Crippen molar-refractivity contribution in [2.24, 2.45) is 5.92 Å². The van der Waals surface area contributed by atoms with Crippen LogP contribution in [0, 0.1) is 33.6 Å². The van der Waals surface area contributed by atoms with Gasteiger partial charge in [0.15, 0.2) is 0 Å². The number of nitrogens with one attached hydrogen (secondary N) is 2. The summed E-state index contributed by atoms with van der Waals surface area (Å²) in [4.78, 5) is 22.8. The molecule has 2 aromatic carbocycles. The van der Waals surface area contributed by atoms with Gasteiger partial charge in [0.05, 0.1) is 19.5 Å². The van der Waals surface area contributed by atoms with Crippen LogP contribution in [0.1, 0.15) is 54.1 Å². The van der Waals surface area contributed by atoms with Gasteiger partial charge in [0.1, 0.15) is 5.75 Å². The molecule has 0 heterocycles. The van der Waals surface area contributed by atoms with E-state index in [1.807, 2.05) is 31.2 Å². The molecule has 0 spiro atoms. The van der Waals surface area contributed by atoms with E-state index >= 15 is 0 Å². The molecule has 0 saturated heterocycles. The Kier molecular flexibility index (Phi) is 17.1. The fourth-order valence-electron chi connectivity index (χ4n) is 3.46. The summed E-state index contributed by atoms with van der Waals surface area (Å²) in [6.45, 7) is 7.90. The molecule has 0 aromatic heterocycles. The van der Waals surface area contributed by atoms with E-state index in [1.54, 1.807) is 20.1 Å². The molecule has 1 amide bonds. The zero-order valence-electron chi connectivity index (χ0n) is 21.5. The van der Waals surface area contributed by atoms with Crippen LogP contribution < -0.4 is 66.8 Å². The van der Waals surface area contributed by atoms with Gasteiger partial charge in [0, 0.05) is 29.9 Å². The Labute approximate surface area is 261 Å². The smallest absolute Gasteiger partial charge is 0.496 e. The number of carbonyl (C=O) groups is 2. The van der Waals surface area contributed by atoms with Gasteiger partial charge in [-0.05, 0) is 25.5 Å². The Hall–Kier alpha value is -0.874. The van der Waals surface area contributed by atoms with Gasteiger partial charge in [-0.15, -0.1) is 15.9 Å². The largest absolute Gasteiger partial charge is 1.00 e. The maximum absolute atomic E-state index is 12.1. The summed E-state index contributed by atoms with van der Waals surface area (Å²) >= 11 is 3.32. The average Bonchev–Trinajstić information content (AvgIpc) is 2.81. The Bertz CT molecular complexity index is 947. The molecule has 0 radical (unpaired) electrons. The molecular formula is C27H36BrKN2O4-2. The van der Waals surface area contributed by atoms with Gasteiger partial charge in [-0.2, -0.15) is 25.3 Å². The number of aliphatic hydroxyl groups is 1. The Morgan fingerprint density at radius 3 is 2.51 bits per heavy atom. The summed E-state index contributed by atoms with van der Waals surface area (Å²) < 4.78 is 6.03. The molecule has 3 rings (SSSR count). The van der Waals surface area contributed by atoms with Crippen LogP contribution in [0.4, 0.5) is 11.4 Å². The number of rotatable bonds is 7. The maximum Gasteiger partial charge on any atom is 1.00 e. The van der Waals surface area contributed by atoms with E-state index in [-0.39, 0.29) is 70.6 Å². The van der Waals surface area contributed by atoms with Crippen molar-refractivity contribution in [2.75, 3.05) is 24.3 Å². The monoisotopic (exact) mass is 570 g/mol. The summed E-state index contributed by atoms with van der Waals surface area (Å²) in [5, 5.41) is 15.1. The van der Waals surface area contributed by atoms with Crippen LogP contribution in [0.15, 0.2) is 34.8 Å². The minimum Gasteiger partial charge on any atom is -0.496 e. The van der Waals surface area contributed by atoms with Crippen molar-refractivity contribution in [3.8, 4) is 5.75 Å².